The van der Waals surface area contributed by atoms with Gasteiger partial charge in [-0.2, -0.15) is 0 Å². The van der Waals surface area contributed by atoms with Gasteiger partial charge >= 0.3 is 0 Å². The second kappa shape index (κ2) is 10.8. The van der Waals surface area contributed by atoms with Crippen LogP contribution in [0.25, 0.3) is 23.0 Å². The molecule has 0 aliphatic carbocycles. The number of aromatic nitrogens is 1. The van der Waals surface area contributed by atoms with E-state index < -0.39 is 11.6 Å². The van der Waals surface area contributed by atoms with E-state index in [0.29, 0.717) is 43.1 Å². The van der Waals surface area contributed by atoms with Crippen LogP contribution in [-0.2, 0) is 4.79 Å². The number of carbonyl (C=O) groups excluding carboxylic acids is 2. The molecule has 0 atom stereocenters. The zero-order valence-corrected chi connectivity index (χ0v) is 21.0. The van der Waals surface area contributed by atoms with Gasteiger partial charge in [-0.1, -0.05) is 60.7 Å². The van der Waals surface area contributed by atoms with Gasteiger partial charge in [0.05, 0.1) is 16.9 Å². The highest BCUT2D eigenvalue weighted by atomic mass is 19.1. The Kier molecular flexibility index (Phi) is 7.18. The molecule has 5 nitrogen and oxygen atoms in total. The Labute approximate surface area is 220 Å². The van der Waals surface area contributed by atoms with Crippen LogP contribution in [0.1, 0.15) is 21.6 Å². The maximum atomic E-state index is 14.9. The first kappa shape index (κ1) is 25.1. The number of piperazine rings is 1. The summed E-state index contributed by atoms with van der Waals surface area (Å²) in [7, 11) is 0. The highest BCUT2D eigenvalue weighted by Gasteiger charge is 2.28. The molecule has 1 aliphatic rings. The topological polar surface area (TPSA) is 45.6 Å². The fourth-order valence-electron chi connectivity index (χ4n) is 4.76. The Bertz CT molecular complexity index is 1490. The summed E-state index contributed by atoms with van der Waals surface area (Å²) in [6.45, 7) is 3.37. The maximum absolute atomic E-state index is 14.9. The second-order valence-corrected chi connectivity index (χ2v) is 9.19. The molecule has 4 aromatic rings. The van der Waals surface area contributed by atoms with Crippen molar-refractivity contribution in [3.05, 3.63) is 119 Å². The number of carbonyl (C=O) groups is 2. The monoisotopic (exact) mass is 511 g/mol. The van der Waals surface area contributed by atoms with Crippen LogP contribution in [-0.4, -0.2) is 52.4 Å². The van der Waals surface area contributed by atoms with E-state index >= 15 is 0 Å². The maximum Gasteiger partial charge on any atom is 0.255 e. The third-order valence-electron chi connectivity index (χ3n) is 6.79. The molecule has 192 valence electrons. The molecule has 2 amide bonds. The van der Waals surface area contributed by atoms with Gasteiger partial charge in [-0.15, -0.1) is 0 Å². The van der Waals surface area contributed by atoms with Gasteiger partial charge in [-0.25, -0.2) is 8.78 Å². The van der Waals surface area contributed by atoms with E-state index in [4.69, 9.17) is 0 Å². The van der Waals surface area contributed by atoms with Gasteiger partial charge in [0.1, 0.15) is 11.6 Å². The zero-order valence-electron chi connectivity index (χ0n) is 21.0. The third kappa shape index (κ3) is 5.13. The highest BCUT2D eigenvalue weighted by Crippen LogP contribution is 2.31. The number of rotatable bonds is 5. The van der Waals surface area contributed by atoms with Gasteiger partial charge in [0.25, 0.3) is 5.91 Å². The zero-order chi connectivity index (χ0) is 26.6. The molecule has 7 heteroatoms. The van der Waals surface area contributed by atoms with Crippen molar-refractivity contribution in [2.24, 2.45) is 0 Å². The van der Waals surface area contributed by atoms with Crippen molar-refractivity contribution in [3.8, 4) is 16.9 Å². The molecular formula is C31H27F2N3O2. The van der Waals surface area contributed by atoms with Crippen molar-refractivity contribution in [3.63, 3.8) is 0 Å². The minimum Gasteiger partial charge on any atom is -0.336 e. The SMILES string of the molecule is Cc1c(C(=O)N2CCN(C(=O)/C=C/c3ccccc3)CC2)cc(-c2ccccc2)n1-c1ccc(F)cc1F. The van der Waals surface area contributed by atoms with Gasteiger partial charge in [0.15, 0.2) is 0 Å². The molecule has 0 bridgehead atoms. The van der Waals surface area contributed by atoms with Crippen LogP contribution >= 0.6 is 0 Å². The lowest BCUT2D eigenvalue weighted by molar-refractivity contribution is -0.127. The Morgan fingerprint density at radius 2 is 1.42 bits per heavy atom. The summed E-state index contributed by atoms with van der Waals surface area (Å²) in [6, 6.07) is 24.2. The van der Waals surface area contributed by atoms with Crippen molar-refractivity contribution < 1.29 is 18.4 Å². The van der Waals surface area contributed by atoms with E-state index in [1.807, 2.05) is 60.7 Å². The van der Waals surface area contributed by atoms with Crippen LogP contribution in [0, 0.1) is 18.6 Å². The molecule has 5 rings (SSSR count). The summed E-state index contributed by atoms with van der Waals surface area (Å²) >= 11 is 0. The molecule has 0 unspecified atom stereocenters. The Morgan fingerprint density at radius 1 is 0.789 bits per heavy atom. The minimum atomic E-state index is -0.712. The van der Waals surface area contributed by atoms with Crippen molar-refractivity contribution in [2.75, 3.05) is 26.2 Å². The third-order valence-corrected chi connectivity index (χ3v) is 6.79. The molecule has 1 aliphatic heterocycles. The van der Waals surface area contributed by atoms with Crippen LogP contribution < -0.4 is 0 Å². The van der Waals surface area contributed by atoms with E-state index in [1.54, 1.807) is 39.5 Å². The molecule has 0 radical (unpaired) electrons. The Balaban J connectivity index is 1.38. The van der Waals surface area contributed by atoms with E-state index in [-0.39, 0.29) is 17.5 Å². The number of nitrogens with zero attached hydrogens (tertiary/aromatic N) is 3. The molecule has 0 N–H and O–H groups in total. The first-order chi connectivity index (χ1) is 18.4. The molecule has 38 heavy (non-hydrogen) atoms. The first-order valence-corrected chi connectivity index (χ1v) is 12.5. The number of hydrogen-bond donors (Lipinski definition) is 0. The van der Waals surface area contributed by atoms with Crippen LogP contribution in [0.2, 0.25) is 0 Å². The first-order valence-electron chi connectivity index (χ1n) is 12.5. The van der Waals surface area contributed by atoms with Crippen molar-refractivity contribution in [1.82, 2.24) is 14.4 Å². The lowest BCUT2D eigenvalue weighted by atomic mass is 10.1. The standard InChI is InChI=1S/C31H27F2N3O2/c1-22-26(21-29(24-10-6-3-7-11-24)36(22)28-14-13-25(32)20-27(28)33)31(38)35-18-16-34(17-19-35)30(37)15-12-23-8-4-2-5-9-23/h2-15,20-21H,16-19H2,1H3/b15-12+. The largest absolute Gasteiger partial charge is 0.336 e. The van der Waals surface area contributed by atoms with Gasteiger partial charge in [0, 0.05) is 44.0 Å². The fourth-order valence-corrected chi connectivity index (χ4v) is 4.76. The van der Waals surface area contributed by atoms with E-state index in [1.165, 1.54) is 12.1 Å². The van der Waals surface area contributed by atoms with Crippen LogP contribution in [0.15, 0.2) is 91.0 Å². The van der Waals surface area contributed by atoms with E-state index in [9.17, 15) is 18.4 Å². The van der Waals surface area contributed by atoms with Crippen molar-refractivity contribution in [1.29, 1.82) is 0 Å². The molecular weight excluding hydrogens is 484 g/mol. The lowest BCUT2D eigenvalue weighted by Crippen LogP contribution is -2.50. The predicted molar refractivity (Wildman–Crippen MR) is 144 cm³/mol. The molecule has 2 heterocycles. The number of amides is 2. The van der Waals surface area contributed by atoms with E-state index in [2.05, 4.69) is 0 Å². The summed E-state index contributed by atoms with van der Waals surface area (Å²) in [6.07, 6.45) is 3.34. The number of benzene rings is 3. The second-order valence-electron chi connectivity index (χ2n) is 9.19. The van der Waals surface area contributed by atoms with Gasteiger partial charge in [-0.05, 0) is 42.3 Å². The van der Waals surface area contributed by atoms with Crippen molar-refractivity contribution in [2.45, 2.75) is 6.92 Å². The van der Waals surface area contributed by atoms with Gasteiger partial charge in [0.2, 0.25) is 5.91 Å². The molecule has 1 fully saturated rings. The molecule has 1 saturated heterocycles. The fraction of sp³-hybridized carbons (Fsp3) is 0.161. The average Bonchev–Trinajstić information content (AvgIpc) is 3.29. The summed E-state index contributed by atoms with van der Waals surface area (Å²) in [5.74, 6) is -1.66. The van der Waals surface area contributed by atoms with Crippen LogP contribution in [0.4, 0.5) is 8.78 Å². The average molecular weight is 512 g/mol. The summed E-state index contributed by atoms with van der Waals surface area (Å²) in [4.78, 5) is 29.7. The number of halogens is 2. The van der Waals surface area contributed by atoms with Gasteiger partial charge in [-0.3, -0.25) is 9.59 Å². The normalized spacial score (nSPS) is 13.8. The molecule has 0 saturated carbocycles. The smallest absolute Gasteiger partial charge is 0.255 e. The Morgan fingerprint density at radius 3 is 2.08 bits per heavy atom. The predicted octanol–water partition coefficient (Wildman–Crippen LogP) is 5.73. The highest BCUT2D eigenvalue weighted by molar-refractivity contribution is 5.98. The summed E-state index contributed by atoms with van der Waals surface area (Å²) in [5.41, 5.74) is 3.56. The van der Waals surface area contributed by atoms with E-state index in [0.717, 1.165) is 17.2 Å². The van der Waals surface area contributed by atoms with Gasteiger partial charge < -0.3 is 14.4 Å². The molecule has 1 aromatic heterocycles. The summed E-state index contributed by atoms with van der Waals surface area (Å²) < 4.78 is 30.2. The molecule has 3 aromatic carbocycles. The van der Waals surface area contributed by atoms with Crippen molar-refractivity contribution >= 4 is 17.9 Å². The molecule has 0 spiro atoms. The Hall–Kier alpha value is -4.52. The summed E-state index contributed by atoms with van der Waals surface area (Å²) in [5, 5.41) is 0. The van der Waals surface area contributed by atoms with Crippen LogP contribution in [0.3, 0.4) is 0 Å². The lowest BCUT2D eigenvalue weighted by Gasteiger charge is -2.34. The quantitative estimate of drug-likeness (QED) is 0.322. The van der Waals surface area contributed by atoms with Crippen LogP contribution in [0.5, 0.6) is 0 Å². The number of hydrogen-bond acceptors (Lipinski definition) is 2. The minimum absolute atomic E-state index is 0.0959.